The molecule has 3 saturated heterocycles. The summed E-state index contributed by atoms with van der Waals surface area (Å²) < 4.78 is 17.0. The van der Waals surface area contributed by atoms with E-state index in [2.05, 4.69) is 0 Å². The van der Waals surface area contributed by atoms with E-state index < -0.39 is 5.60 Å². The molecule has 0 bridgehead atoms. The normalized spacial score (nSPS) is 46.0. The van der Waals surface area contributed by atoms with Crippen molar-refractivity contribution in [2.75, 3.05) is 13.2 Å². The first-order valence-corrected chi connectivity index (χ1v) is 7.30. The second-order valence-corrected chi connectivity index (χ2v) is 6.28. The Labute approximate surface area is 121 Å². The summed E-state index contributed by atoms with van der Waals surface area (Å²) in [6.07, 6.45) is 3.34. The van der Waals surface area contributed by atoms with Gasteiger partial charge in [0, 0.05) is 5.92 Å². The number of phenolic OH excluding ortho intramolecular Hbond substituents is 1. The average Bonchev–Trinajstić information content (AvgIpc) is 3.35. The van der Waals surface area contributed by atoms with Crippen LogP contribution < -0.4 is 0 Å². The maximum absolute atomic E-state index is 11.2. The maximum Gasteiger partial charge on any atom is 0.121 e. The predicted octanol–water partition coefficient (Wildman–Crippen LogP) is 0.799. The molecular weight excluding hydrogens is 272 g/mol. The van der Waals surface area contributed by atoms with Gasteiger partial charge in [0.1, 0.15) is 29.7 Å². The summed E-state index contributed by atoms with van der Waals surface area (Å²) in [5.74, 6) is 0.0452. The number of phenols is 1. The Balaban J connectivity index is 1.65. The van der Waals surface area contributed by atoms with E-state index in [0.717, 1.165) is 11.1 Å². The van der Waals surface area contributed by atoms with Gasteiger partial charge in [-0.05, 0) is 29.3 Å². The van der Waals surface area contributed by atoms with Gasteiger partial charge in [0.25, 0.3) is 0 Å². The predicted molar refractivity (Wildman–Crippen MR) is 73.0 cm³/mol. The fourth-order valence-corrected chi connectivity index (χ4v) is 3.84. The van der Waals surface area contributed by atoms with Crippen LogP contribution in [0.15, 0.2) is 24.3 Å². The molecule has 0 saturated carbocycles. The summed E-state index contributed by atoms with van der Waals surface area (Å²) in [6.45, 7) is 1.05. The average molecular weight is 288 g/mol. The molecule has 0 aromatic heterocycles. The fourth-order valence-electron chi connectivity index (χ4n) is 3.84. The topological polar surface area (TPSA) is 74.8 Å². The van der Waals surface area contributed by atoms with E-state index in [-0.39, 0.29) is 36.1 Å². The van der Waals surface area contributed by atoms with Gasteiger partial charge in [-0.3, -0.25) is 0 Å². The molecule has 0 radical (unpaired) electrons. The van der Waals surface area contributed by atoms with Crippen molar-refractivity contribution in [3.8, 4) is 5.75 Å². The zero-order valence-corrected chi connectivity index (χ0v) is 11.3. The third-order valence-electron chi connectivity index (χ3n) is 4.99. The Bertz CT molecular complexity index is 642. The van der Waals surface area contributed by atoms with Crippen LogP contribution in [0.5, 0.6) is 5.75 Å². The van der Waals surface area contributed by atoms with Crippen LogP contribution in [0.3, 0.4) is 0 Å². The van der Waals surface area contributed by atoms with E-state index >= 15 is 0 Å². The number of hydrogen-bond donors (Lipinski definition) is 2. The molecule has 5 rings (SSSR count). The zero-order valence-electron chi connectivity index (χ0n) is 11.3. The molecule has 5 heteroatoms. The summed E-state index contributed by atoms with van der Waals surface area (Å²) in [7, 11) is 0. The lowest BCUT2D eigenvalue weighted by molar-refractivity contribution is 0.0211. The van der Waals surface area contributed by atoms with Crippen molar-refractivity contribution in [2.45, 2.75) is 35.9 Å². The van der Waals surface area contributed by atoms with Crippen LogP contribution in [-0.4, -0.2) is 53.4 Å². The molecule has 5 nitrogen and oxygen atoms in total. The van der Waals surface area contributed by atoms with Crippen LogP contribution in [0, 0.1) is 0 Å². The van der Waals surface area contributed by atoms with E-state index in [1.165, 1.54) is 0 Å². The number of fused-ring (bicyclic) bond motifs is 7. The number of hydrogen-bond acceptors (Lipinski definition) is 5. The van der Waals surface area contributed by atoms with E-state index in [1.54, 1.807) is 18.2 Å². The summed E-state index contributed by atoms with van der Waals surface area (Å²) in [6, 6.07) is 5.25. The lowest BCUT2D eigenvalue weighted by atomic mass is 9.71. The molecule has 4 aliphatic rings. The molecule has 110 valence electrons. The Hall–Kier alpha value is -1.40. The number of aromatic hydroxyl groups is 1. The smallest absolute Gasteiger partial charge is 0.121 e. The van der Waals surface area contributed by atoms with E-state index in [9.17, 15) is 10.2 Å². The SMILES string of the molecule is Oc1ccc2c(c1)C=CC1(O)C3OC3COCC3OC3C21. The Morgan fingerprint density at radius 2 is 2.00 bits per heavy atom. The fraction of sp³-hybridized carbons (Fsp3) is 0.500. The van der Waals surface area contributed by atoms with Gasteiger partial charge in [-0.1, -0.05) is 12.1 Å². The molecule has 3 heterocycles. The van der Waals surface area contributed by atoms with Crippen molar-refractivity contribution >= 4 is 6.08 Å². The number of epoxide rings is 2. The number of ether oxygens (including phenoxy) is 3. The second kappa shape index (κ2) is 3.87. The first-order chi connectivity index (χ1) is 10.2. The minimum Gasteiger partial charge on any atom is -0.508 e. The van der Waals surface area contributed by atoms with Crippen LogP contribution in [-0.2, 0) is 14.2 Å². The van der Waals surface area contributed by atoms with Crippen molar-refractivity contribution in [3.05, 3.63) is 35.4 Å². The van der Waals surface area contributed by atoms with Gasteiger partial charge in [-0.15, -0.1) is 0 Å². The first-order valence-electron chi connectivity index (χ1n) is 7.30. The molecule has 0 amide bonds. The lowest BCUT2D eigenvalue weighted by Gasteiger charge is -2.36. The summed E-state index contributed by atoms with van der Waals surface area (Å²) in [5.41, 5.74) is 0.861. The van der Waals surface area contributed by atoms with Gasteiger partial charge in [0.05, 0.1) is 19.3 Å². The van der Waals surface area contributed by atoms with Crippen molar-refractivity contribution in [1.29, 1.82) is 0 Å². The van der Waals surface area contributed by atoms with Crippen LogP contribution in [0.2, 0.25) is 0 Å². The van der Waals surface area contributed by atoms with E-state index in [1.807, 2.05) is 12.1 Å². The summed E-state index contributed by atoms with van der Waals surface area (Å²) in [4.78, 5) is 0. The molecule has 2 N–H and O–H groups in total. The highest BCUT2D eigenvalue weighted by Gasteiger charge is 2.64. The van der Waals surface area contributed by atoms with Crippen molar-refractivity contribution in [2.24, 2.45) is 0 Å². The third kappa shape index (κ3) is 1.66. The van der Waals surface area contributed by atoms with Crippen molar-refractivity contribution in [1.82, 2.24) is 0 Å². The monoisotopic (exact) mass is 288 g/mol. The minimum absolute atomic E-state index is 0.0344. The quantitative estimate of drug-likeness (QED) is 0.691. The van der Waals surface area contributed by atoms with E-state index in [4.69, 9.17) is 14.2 Å². The molecule has 6 atom stereocenters. The molecule has 1 aromatic carbocycles. The molecule has 6 unspecified atom stereocenters. The molecular formula is C16H16O5. The van der Waals surface area contributed by atoms with Crippen molar-refractivity contribution < 1.29 is 24.4 Å². The lowest BCUT2D eigenvalue weighted by Crippen LogP contribution is -2.45. The highest BCUT2D eigenvalue weighted by atomic mass is 16.6. The van der Waals surface area contributed by atoms with Gasteiger partial charge in [-0.2, -0.15) is 0 Å². The number of rotatable bonds is 0. The Morgan fingerprint density at radius 3 is 2.90 bits per heavy atom. The highest BCUT2D eigenvalue weighted by Crippen LogP contribution is 2.53. The standard InChI is InChI=1S/C16H16O5/c17-9-1-2-10-8(5-9)3-4-16(18)13(10)14-11(20-14)6-19-7-12-15(16)21-12/h1-5,11-15,17-18H,6-7H2. The Kier molecular flexibility index (Phi) is 2.24. The zero-order chi connectivity index (χ0) is 14.2. The molecule has 3 aliphatic heterocycles. The van der Waals surface area contributed by atoms with Crippen LogP contribution >= 0.6 is 0 Å². The van der Waals surface area contributed by atoms with Crippen LogP contribution in [0.25, 0.3) is 6.08 Å². The van der Waals surface area contributed by atoms with E-state index in [0.29, 0.717) is 13.2 Å². The van der Waals surface area contributed by atoms with Gasteiger partial charge in [0.15, 0.2) is 0 Å². The van der Waals surface area contributed by atoms with Crippen LogP contribution in [0.4, 0.5) is 0 Å². The minimum atomic E-state index is -1.07. The molecule has 21 heavy (non-hydrogen) atoms. The molecule has 1 aromatic rings. The van der Waals surface area contributed by atoms with Gasteiger partial charge >= 0.3 is 0 Å². The summed E-state index contributed by atoms with van der Waals surface area (Å²) in [5, 5.41) is 20.9. The van der Waals surface area contributed by atoms with Gasteiger partial charge in [0.2, 0.25) is 0 Å². The third-order valence-corrected chi connectivity index (χ3v) is 4.99. The largest absolute Gasteiger partial charge is 0.508 e. The molecule has 1 aliphatic carbocycles. The first kappa shape index (κ1) is 12.2. The van der Waals surface area contributed by atoms with Crippen molar-refractivity contribution in [3.63, 3.8) is 0 Å². The highest BCUT2D eigenvalue weighted by molar-refractivity contribution is 5.63. The van der Waals surface area contributed by atoms with Gasteiger partial charge < -0.3 is 24.4 Å². The number of aliphatic hydroxyl groups is 1. The van der Waals surface area contributed by atoms with Gasteiger partial charge in [-0.25, -0.2) is 0 Å². The summed E-state index contributed by atoms with van der Waals surface area (Å²) >= 11 is 0. The number of benzene rings is 1. The molecule has 3 fully saturated rings. The second-order valence-electron chi connectivity index (χ2n) is 6.28. The van der Waals surface area contributed by atoms with Crippen LogP contribution in [0.1, 0.15) is 17.0 Å². The molecule has 0 spiro atoms. The Morgan fingerprint density at radius 1 is 1.14 bits per heavy atom. The maximum atomic E-state index is 11.2.